The lowest BCUT2D eigenvalue weighted by Gasteiger charge is -2.26. The molecule has 2 bridgehead atoms. The molecular weight excluding hydrogens is 286 g/mol. The normalized spacial score (nSPS) is 35.4. The zero-order valence-corrected chi connectivity index (χ0v) is 11.9. The first-order valence-electron chi connectivity index (χ1n) is 7.11. The zero-order valence-electron chi connectivity index (χ0n) is 11.9. The number of rotatable bonds is 3. The summed E-state index contributed by atoms with van der Waals surface area (Å²) in [4.78, 5) is 26.7. The maximum atomic E-state index is 12.8. The van der Waals surface area contributed by atoms with Gasteiger partial charge in [-0.05, 0) is 12.1 Å². The summed E-state index contributed by atoms with van der Waals surface area (Å²) in [5.74, 6) is -1.26. The van der Waals surface area contributed by atoms with Crippen LogP contribution in [0.25, 0.3) is 0 Å². The summed E-state index contributed by atoms with van der Waals surface area (Å²) in [6.45, 7) is -0.313. The van der Waals surface area contributed by atoms with Crippen LogP contribution in [0, 0.1) is 11.8 Å². The van der Waals surface area contributed by atoms with E-state index in [1.54, 1.807) is 36.4 Å². The minimum absolute atomic E-state index is 0.284. The number of fused-ring (bicyclic) bond motifs is 5. The second kappa shape index (κ2) is 4.41. The van der Waals surface area contributed by atoms with Crippen molar-refractivity contribution in [2.24, 2.45) is 11.8 Å². The van der Waals surface area contributed by atoms with Gasteiger partial charge in [0.1, 0.15) is 11.4 Å². The Morgan fingerprint density at radius 3 is 2.91 bits per heavy atom. The Morgan fingerprint density at radius 2 is 2.18 bits per heavy atom. The van der Waals surface area contributed by atoms with E-state index < -0.39 is 23.5 Å². The van der Waals surface area contributed by atoms with E-state index in [9.17, 15) is 14.7 Å². The molecule has 0 radical (unpaired) electrons. The number of nitrogens with zero attached hydrogens (tertiary/aromatic N) is 1. The number of benzene rings is 1. The van der Waals surface area contributed by atoms with Crippen molar-refractivity contribution in [1.82, 2.24) is 0 Å². The van der Waals surface area contributed by atoms with E-state index in [0.717, 1.165) is 0 Å². The number of hydrogen-bond donors (Lipinski definition) is 1. The molecular formula is C16H15NO5. The van der Waals surface area contributed by atoms with Gasteiger partial charge in [0, 0.05) is 6.07 Å². The minimum atomic E-state index is -1.06. The first kappa shape index (κ1) is 13.5. The van der Waals surface area contributed by atoms with Gasteiger partial charge in [-0.15, -0.1) is 0 Å². The fourth-order valence-electron chi connectivity index (χ4n) is 3.69. The first-order valence-corrected chi connectivity index (χ1v) is 7.11. The maximum absolute atomic E-state index is 12.8. The van der Waals surface area contributed by atoms with Gasteiger partial charge in [-0.1, -0.05) is 18.2 Å². The molecule has 0 spiro atoms. The lowest BCUT2D eigenvalue weighted by molar-refractivity contribution is -0.128. The number of imide groups is 1. The average Bonchev–Trinajstić information content (AvgIpc) is 3.18. The van der Waals surface area contributed by atoms with Crippen molar-refractivity contribution in [2.45, 2.75) is 11.7 Å². The van der Waals surface area contributed by atoms with Gasteiger partial charge in [0.15, 0.2) is 0 Å². The van der Waals surface area contributed by atoms with Gasteiger partial charge < -0.3 is 14.6 Å². The lowest BCUT2D eigenvalue weighted by Crippen LogP contribution is -2.43. The molecule has 114 valence electrons. The average molecular weight is 301 g/mol. The SMILES string of the molecule is COc1cccc(N2C(=O)[C@H]3[C@@H](C2=O)[C@]2(CO)C=C[C@H]3O2)c1. The van der Waals surface area contributed by atoms with Crippen LogP contribution in [0.4, 0.5) is 5.69 Å². The third kappa shape index (κ3) is 1.51. The molecule has 1 N–H and O–H groups in total. The molecule has 1 aromatic carbocycles. The molecule has 3 aliphatic heterocycles. The van der Waals surface area contributed by atoms with Crippen LogP contribution in [0.3, 0.4) is 0 Å². The molecule has 0 saturated carbocycles. The zero-order chi connectivity index (χ0) is 15.5. The number of aliphatic hydroxyl groups is 1. The Bertz CT molecular complexity index is 700. The highest BCUT2D eigenvalue weighted by atomic mass is 16.5. The molecule has 6 nitrogen and oxygen atoms in total. The van der Waals surface area contributed by atoms with Crippen molar-refractivity contribution < 1.29 is 24.2 Å². The van der Waals surface area contributed by atoms with Crippen LogP contribution in [-0.4, -0.2) is 42.3 Å². The third-order valence-electron chi connectivity index (χ3n) is 4.71. The second-order valence-corrected chi connectivity index (χ2v) is 5.77. The first-order chi connectivity index (χ1) is 10.6. The van der Waals surface area contributed by atoms with Crippen LogP contribution >= 0.6 is 0 Å². The molecule has 2 fully saturated rings. The Kier molecular flexibility index (Phi) is 2.70. The van der Waals surface area contributed by atoms with Crippen molar-refractivity contribution >= 4 is 17.5 Å². The van der Waals surface area contributed by atoms with Gasteiger partial charge in [0.25, 0.3) is 0 Å². The summed E-state index contributed by atoms with van der Waals surface area (Å²) >= 11 is 0. The Balaban J connectivity index is 1.76. The predicted octanol–water partition coefficient (Wildman–Crippen LogP) is 0.500. The van der Waals surface area contributed by atoms with Gasteiger partial charge >= 0.3 is 0 Å². The molecule has 0 unspecified atom stereocenters. The van der Waals surface area contributed by atoms with Crippen LogP contribution in [0.15, 0.2) is 36.4 Å². The number of anilines is 1. The molecule has 3 heterocycles. The van der Waals surface area contributed by atoms with Crippen molar-refractivity contribution in [3.8, 4) is 5.75 Å². The number of methoxy groups -OCH3 is 1. The monoisotopic (exact) mass is 301 g/mol. The van der Waals surface area contributed by atoms with Crippen LogP contribution in [0.2, 0.25) is 0 Å². The number of carbonyl (C=O) groups is 2. The Labute approximate surface area is 126 Å². The maximum Gasteiger partial charge on any atom is 0.241 e. The summed E-state index contributed by atoms with van der Waals surface area (Å²) in [6.07, 6.45) is 3.03. The summed E-state index contributed by atoms with van der Waals surface area (Å²) in [7, 11) is 1.53. The summed E-state index contributed by atoms with van der Waals surface area (Å²) in [5.41, 5.74) is -0.577. The van der Waals surface area contributed by atoms with E-state index in [1.807, 2.05) is 0 Å². The van der Waals surface area contributed by atoms with Gasteiger partial charge in [0.2, 0.25) is 11.8 Å². The van der Waals surface area contributed by atoms with Crippen LogP contribution in [0.1, 0.15) is 0 Å². The number of amides is 2. The number of hydrogen-bond acceptors (Lipinski definition) is 5. The van der Waals surface area contributed by atoms with E-state index in [-0.39, 0.29) is 18.4 Å². The third-order valence-corrected chi connectivity index (χ3v) is 4.71. The van der Waals surface area contributed by atoms with Gasteiger partial charge in [0.05, 0.1) is 37.3 Å². The van der Waals surface area contributed by atoms with E-state index in [1.165, 1.54) is 12.0 Å². The smallest absolute Gasteiger partial charge is 0.241 e. The van der Waals surface area contributed by atoms with Crippen molar-refractivity contribution in [3.63, 3.8) is 0 Å². The number of carbonyl (C=O) groups excluding carboxylic acids is 2. The number of aliphatic hydroxyl groups excluding tert-OH is 1. The topological polar surface area (TPSA) is 76.1 Å². The highest BCUT2D eigenvalue weighted by Crippen LogP contribution is 2.52. The molecule has 0 aromatic heterocycles. The molecule has 0 aliphatic carbocycles. The molecule has 22 heavy (non-hydrogen) atoms. The van der Waals surface area contributed by atoms with Crippen molar-refractivity contribution in [1.29, 1.82) is 0 Å². The molecule has 2 saturated heterocycles. The Hall–Kier alpha value is -2.18. The molecule has 4 rings (SSSR count). The summed E-state index contributed by atoms with van der Waals surface area (Å²) in [6, 6.07) is 6.83. The standard InChI is InChI=1S/C16H15NO5/c1-21-10-4-2-3-9(7-10)17-14(19)12-11-5-6-16(8-18,22-11)13(12)15(17)20/h2-7,11-13,18H,8H2,1H3/t11-,12-,13+,16-/m1/s1. The fourth-order valence-corrected chi connectivity index (χ4v) is 3.69. The van der Waals surface area contributed by atoms with Gasteiger partial charge in [-0.3, -0.25) is 9.59 Å². The Morgan fingerprint density at radius 1 is 1.36 bits per heavy atom. The quantitative estimate of drug-likeness (QED) is 0.650. The highest BCUT2D eigenvalue weighted by Gasteiger charge is 2.67. The van der Waals surface area contributed by atoms with E-state index in [4.69, 9.17) is 9.47 Å². The molecule has 2 amide bonds. The van der Waals surface area contributed by atoms with Crippen LogP contribution in [-0.2, 0) is 14.3 Å². The van der Waals surface area contributed by atoms with E-state index in [0.29, 0.717) is 11.4 Å². The molecule has 6 heteroatoms. The predicted molar refractivity (Wildman–Crippen MR) is 76.3 cm³/mol. The van der Waals surface area contributed by atoms with Crippen LogP contribution in [0.5, 0.6) is 5.75 Å². The van der Waals surface area contributed by atoms with Gasteiger partial charge in [-0.2, -0.15) is 0 Å². The minimum Gasteiger partial charge on any atom is -0.497 e. The largest absolute Gasteiger partial charge is 0.497 e. The van der Waals surface area contributed by atoms with Crippen molar-refractivity contribution in [3.05, 3.63) is 36.4 Å². The van der Waals surface area contributed by atoms with E-state index >= 15 is 0 Å². The summed E-state index contributed by atoms with van der Waals surface area (Å²) < 4.78 is 10.8. The molecule has 4 atom stereocenters. The molecule has 3 aliphatic rings. The highest BCUT2D eigenvalue weighted by molar-refractivity contribution is 6.23. The lowest BCUT2D eigenvalue weighted by atomic mass is 9.77. The molecule has 1 aromatic rings. The van der Waals surface area contributed by atoms with Crippen molar-refractivity contribution in [2.75, 3.05) is 18.6 Å². The van der Waals surface area contributed by atoms with E-state index in [2.05, 4.69) is 0 Å². The van der Waals surface area contributed by atoms with Crippen LogP contribution < -0.4 is 9.64 Å². The number of ether oxygens (including phenoxy) is 2. The fraction of sp³-hybridized carbons (Fsp3) is 0.375. The summed E-state index contributed by atoms with van der Waals surface area (Å²) in [5, 5.41) is 9.66. The van der Waals surface area contributed by atoms with Gasteiger partial charge in [-0.25, -0.2) is 4.90 Å². The second-order valence-electron chi connectivity index (χ2n) is 5.77.